The van der Waals surface area contributed by atoms with Gasteiger partial charge in [0.05, 0.1) is 5.56 Å². The molecule has 0 amide bonds. The second kappa shape index (κ2) is 7.24. The molecule has 2 rings (SSSR count). The molecule has 0 bridgehead atoms. The molecule has 2 atom stereocenters. The number of benzene rings is 1. The minimum atomic E-state index is -3.31. The van der Waals surface area contributed by atoms with E-state index >= 15 is 0 Å². The van der Waals surface area contributed by atoms with Gasteiger partial charge in [0.25, 0.3) is 0 Å². The molecule has 0 spiro atoms. The lowest BCUT2D eigenvalue weighted by Gasteiger charge is -2.26. The van der Waals surface area contributed by atoms with Gasteiger partial charge in [0, 0.05) is 21.9 Å². The summed E-state index contributed by atoms with van der Waals surface area (Å²) >= 11 is 1.95. The van der Waals surface area contributed by atoms with E-state index in [0.29, 0.717) is 17.1 Å². The van der Waals surface area contributed by atoms with Crippen molar-refractivity contribution in [1.29, 1.82) is 0 Å². The van der Waals surface area contributed by atoms with E-state index in [1.54, 1.807) is 26.8 Å². The van der Waals surface area contributed by atoms with Crippen molar-refractivity contribution >= 4 is 44.4 Å². The Morgan fingerprint density at radius 2 is 1.81 bits per heavy atom. The number of aromatic amines is 1. The molecule has 7 heteroatoms. The van der Waals surface area contributed by atoms with Gasteiger partial charge in [-0.2, -0.15) is 8.78 Å². The summed E-state index contributed by atoms with van der Waals surface area (Å²) in [6.45, 7) is 11.4. The highest BCUT2D eigenvalue weighted by atomic mass is 79.9. The number of hydrogen-bond donors (Lipinski definition) is 1. The minimum Gasteiger partial charge on any atom is -0.591 e. The van der Waals surface area contributed by atoms with Crippen LogP contribution >= 0.6 is 15.9 Å². The molecule has 0 radical (unpaired) electrons. The number of rotatable bonds is 4. The van der Waals surface area contributed by atoms with E-state index in [9.17, 15) is 13.3 Å². The maximum atomic E-state index is 14.6. The van der Waals surface area contributed by atoms with Gasteiger partial charge < -0.3 is 9.54 Å². The fourth-order valence-electron chi connectivity index (χ4n) is 2.42. The first kappa shape index (κ1) is 21.4. The van der Waals surface area contributed by atoms with Gasteiger partial charge in [-0.05, 0) is 37.8 Å². The van der Waals surface area contributed by atoms with E-state index in [2.05, 4.69) is 46.1 Å². The van der Waals surface area contributed by atoms with Crippen LogP contribution in [0.15, 0.2) is 28.8 Å². The SMILES string of the molecule is CC(C)(C)[C@H](Br)c1ccc2c(C(F)(F)C=N[S@@+]([O-])C(C)(C)C)c[nH]c2c1. The monoisotopic (exact) mass is 446 g/mol. The molecular formula is C19H25BrF2N2OS. The van der Waals surface area contributed by atoms with Gasteiger partial charge in [-0.1, -0.05) is 53.2 Å². The number of hydrogen-bond acceptors (Lipinski definition) is 2. The summed E-state index contributed by atoms with van der Waals surface area (Å²) in [5, 5.41) is 0.431. The first-order chi connectivity index (χ1) is 11.7. The van der Waals surface area contributed by atoms with Gasteiger partial charge in [0.1, 0.15) is 22.3 Å². The predicted octanol–water partition coefficient (Wildman–Crippen LogP) is 6.27. The Hall–Kier alpha value is -0.920. The molecule has 0 aliphatic carbocycles. The largest absolute Gasteiger partial charge is 0.591 e. The van der Waals surface area contributed by atoms with Crippen molar-refractivity contribution in [3.05, 3.63) is 35.5 Å². The fraction of sp³-hybridized carbons (Fsp3) is 0.526. The molecule has 1 aromatic heterocycles. The maximum absolute atomic E-state index is 14.6. The second-order valence-electron chi connectivity index (χ2n) is 8.45. The average molecular weight is 447 g/mol. The van der Waals surface area contributed by atoms with Crippen LogP contribution in [0.2, 0.25) is 0 Å². The third kappa shape index (κ3) is 4.67. The van der Waals surface area contributed by atoms with Crippen molar-refractivity contribution in [2.24, 2.45) is 9.81 Å². The maximum Gasteiger partial charge on any atom is 0.314 e. The van der Waals surface area contributed by atoms with Crippen LogP contribution in [0.1, 0.15) is 57.5 Å². The van der Waals surface area contributed by atoms with Crippen molar-refractivity contribution in [2.45, 2.75) is 57.0 Å². The normalized spacial score (nSPS) is 16.4. The van der Waals surface area contributed by atoms with Crippen LogP contribution in [0.5, 0.6) is 0 Å². The molecule has 0 aliphatic rings. The number of alkyl halides is 3. The molecule has 0 unspecified atom stereocenters. The highest BCUT2D eigenvalue weighted by molar-refractivity contribution is 9.09. The van der Waals surface area contributed by atoms with E-state index in [1.807, 2.05) is 12.1 Å². The molecule has 1 aromatic carbocycles. The molecule has 0 saturated heterocycles. The number of nitrogens with zero attached hydrogens (tertiary/aromatic N) is 1. The third-order valence-corrected chi connectivity index (χ3v) is 7.20. The van der Waals surface area contributed by atoms with Crippen molar-refractivity contribution in [3.8, 4) is 0 Å². The lowest BCUT2D eigenvalue weighted by atomic mass is 9.87. The first-order valence-corrected chi connectivity index (χ1v) is 10.4. The Kier molecular flexibility index (Phi) is 5.96. The molecule has 2 aromatic rings. The highest BCUT2D eigenvalue weighted by Crippen LogP contribution is 2.41. The molecule has 1 heterocycles. The van der Waals surface area contributed by atoms with E-state index in [1.165, 1.54) is 6.20 Å². The number of H-pyrrole nitrogens is 1. The van der Waals surface area contributed by atoms with Crippen molar-refractivity contribution in [2.75, 3.05) is 0 Å². The van der Waals surface area contributed by atoms with E-state index in [-0.39, 0.29) is 15.8 Å². The Morgan fingerprint density at radius 3 is 2.35 bits per heavy atom. The summed E-state index contributed by atoms with van der Waals surface area (Å²) < 4.78 is 44.0. The van der Waals surface area contributed by atoms with Crippen molar-refractivity contribution < 1.29 is 13.3 Å². The Balaban J connectivity index is 2.37. The Bertz CT molecular complexity index is 806. The van der Waals surface area contributed by atoms with Crippen molar-refractivity contribution in [1.82, 2.24) is 4.98 Å². The van der Waals surface area contributed by atoms with Gasteiger partial charge in [-0.25, -0.2) is 0 Å². The summed E-state index contributed by atoms with van der Waals surface area (Å²) in [6, 6.07) is 5.42. The van der Waals surface area contributed by atoms with Crippen LogP contribution in [0.4, 0.5) is 8.78 Å². The van der Waals surface area contributed by atoms with Gasteiger partial charge >= 0.3 is 5.92 Å². The summed E-state index contributed by atoms with van der Waals surface area (Å²) in [4.78, 5) is 3.02. The smallest absolute Gasteiger partial charge is 0.314 e. The molecule has 144 valence electrons. The number of halogens is 3. The molecule has 26 heavy (non-hydrogen) atoms. The molecule has 3 nitrogen and oxygen atoms in total. The minimum absolute atomic E-state index is 0.00326. The summed E-state index contributed by atoms with van der Waals surface area (Å²) in [5.74, 6) is -3.31. The van der Waals surface area contributed by atoms with Crippen LogP contribution in [-0.2, 0) is 17.3 Å². The molecule has 1 N–H and O–H groups in total. The second-order valence-corrected chi connectivity index (χ2v) is 11.3. The molecule has 0 saturated carbocycles. The van der Waals surface area contributed by atoms with E-state index in [0.717, 1.165) is 5.56 Å². The summed E-state index contributed by atoms with van der Waals surface area (Å²) in [7, 11) is 0. The average Bonchev–Trinajstić information content (AvgIpc) is 2.93. The Morgan fingerprint density at radius 1 is 1.19 bits per heavy atom. The lowest BCUT2D eigenvalue weighted by molar-refractivity contribution is 0.0839. The van der Waals surface area contributed by atoms with Crippen LogP contribution in [0.3, 0.4) is 0 Å². The zero-order valence-electron chi connectivity index (χ0n) is 15.9. The Labute approximate surface area is 165 Å². The van der Waals surface area contributed by atoms with E-state index in [4.69, 9.17) is 0 Å². The van der Waals surface area contributed by atoms with Crippen LogP contribution in [0, 0.1) is 5.41 Å². The van der Waals surface area contributed by atoms with E-state index < -0.39 is 22.0 Å². The number of aromatic nitrogens is 1. The zero-order chi connectivity index (χ0) is 19.9. The lowest BCUT2D eigenvalue weighted by Crippen LogP contribution is -2.27. The number of nitrogens with one attached hydrogen (secondary N) is 1. The van der Waals surface area contributed by atoms with Gasteiger partial charge in [0.2, 0.25) is 0 Å². The van der Waals surface area contributed by atoms with Crippen molar-refractivity contribution in [3.63, 3.8) is 0 Å². The first-order valence-electron chi connectivity index (χ1n) is 8.34. The zero-order valence-corrected chi connectivity index (χ0v) is 18.3. The van der Waals surface area contributed by atoms with Gasteiger partial charge in [0.15, 0.2) is 0 Å². The third-order valence-electron chi connectivity index (χ3n) is 3.95. The standard InChI is InChI=1S/C19H25BrF2N2OS/c1-17(2,3)16(20)12-7-8-13-14(10-23-15(13)9-12)19(21,22)11-24-26(25)18(4,5)6/h7-11,16,23H,1-6H3/t16-,26+/m1/s1. The summed E-state index contributed by atoms with van der Waals surface area (Å²) in [6.07, 6.45) is 1.79. The van der Waals surface area contributed by atoms with Crippen LogP contribution < -0.4 is 0 Å². The molecular weight excluding hydrogens is 422 g/mol. The quantitative estimate of drug-likeness (QED) is 0.335. The molecule has 0 aliphatic heterocycles. The highest BCUT2D eigenvalue weighted by Gasteiger charge is 2.35. The fourth-order valence-corrected chi connectivity index (χ4v) is 3.25. The summed E-state index contributed by atoms with van der Waals surface area (Å²) in [5.41, 5.74) is 1.48. The van der Waals surface area contributed by atoms with Crippen LogP contribution in [-0.4, -0.2) is 20.5 Å². The van der Waals surface area contributed by atoms with Gasteiger partial charge in [-0.15, -0.1) is 0 Å². The topological polar surface area (TPSA) is 51.2 Å². The van der Waals surface area contributed by atoms with Crippen LogP contribution in [0.25, 0.3) is 10.9 Å². The van der Waals surface area contributed by atoms with Gasteiger partial charge in [-0.3, -0.25) is 0 Å². The molecule has 0 fully saturated rings. The number of fused-ring (bicyclic) bond motifs is 1. The predicted molar refractivity (Wildman–Crippen MR) is 110 cm³/mol.